The van der Waals surface area contributed by atoms with Gasteiger partial charge in [0.2, 0.25) is 0 Å². The van der Waals surface area contributed by atoms with E-state index in [4.69, 9.17) is 4.74 Å². The molecular formula is C18H27FIN3O. The van der Waals surface area contributed by atoms with Gasteiger partial charge in [-0.15, -0.1) is 24.0 Å². The summed E-state index contributed by atoms with van der Waals surface area (Å²) in [6.45, 7) is 4.60. The van der Waals surface area contributed by atoms with Gasteiger partial charge < -0.3 is 15.0 Å². The average molecular weight is 447 g/mol. The van der Waals surface area contributed by atoms with E-state index in [1.165, 1.54) is 31.4 Å². The number of benzene rings is 1. The molecule has 2 unspecified atom stereocenters. The van der Waals surface area contributed by atoms with Crippen molar-refractivity contribution in [1.82, 2.24) is 10.2 Å². The summed E-state index contributed by atoms with van der Waals surface area (Å²) in [4.78, 5) is 6.67. The smallest absolute Gasteiger partial charge is 0.193 e. The van der Waals surface area contributed by atoms with Crippen molar-refractivity contribution in [3.63, 3.8) is 0 Å². The van der Waals surface area contributed by atoms with Crippen LogP contribution >= 0.6 is 24.0 Å². The molecule has 1 saturated carbocycles. The minimum absolute atomic E-state index is 0. The van der Waals surface area contributed by atoms with Gasteiger partial charge >= 0.3 is 0 Å². The van der Waals surface area contributed by atoms with Crippen molar-refractivity contribution in [2.75, 3.05) is 26.7 Å². The summed E-state index contributed by atoms with van der Waals surface area (Å²) in [7, 11) is 1.83. The Balaban J connectivity index is 0.00000208. The average Bonchev–Trinajstić information content (AvgIpc) is 3.36. The van der Waals surface area contributed by atoms with Crippen molar-refractivity contribution < 1.29 is 9.13 Å². The molecule has 134 valence electrons. The molecule has 2 atom stereocenters. The second kappa shape index (κ2) is 8.99. The van der Waals surface area contributed by atoms with E-state index < -0.39 is 0 Å². The van der Waals surface area contributed by atoms with Crippen LogP contribution in [0.1, 0.15) is 37.9 Å². The number of hydrogen-bond acceptors (Lipinski definition) is 2. The fourth-order valence-electron chi connectivity index (χ4n) is 3.11. The Hall–Kier alpha value is -0.890. The number of ether oxygens (including phenoxy) is 1. The second-order valence-electron chi connectivity index (χ2n) is 6.60. The van der Waals surface area contributed by atoms with Crippen LogP contribution in [-0.4, -0.2) is 43.6 Å². The van der Waals surface area contributed by atoms with Gasteiger partial charge in [-0.05, 0) is 37.0 Å². The third-order valence-corrected chi connectivity index (χ3v) is 4.55. The maximum absolute atomic E-state index is 13.1. The van der Waals surface area contributed by atoms with E-state index in [0.717, 1.165) is 37.1 Å². The molecule has 1 aromatic carbocycles. The fourth-order valence-corrected chi connectivity index (χ4v) is 3.11. The van der Waals surface area contributed by atoms with E-state index in [-0.39, 0.29) is 42.0 Å². The largest absolute Gasteiger partial charge is 0.367 e. The van der Waals surface area contributed by atoms with Crippen molar-refractivity contribution in [3.05, 3.63) is 35.6 Å². The molecule has 0 radical (unpaired) electrons. The number of guanidine groups is 1. The third kappa shape index (κ3) is 5.31. The first kappa shape index (κ1) is 19.4. The number of hydrogen-bond donors (Lipinski definition) is 1. The Morgan fingerprint density at radius 2 is 2.00 bits per heavy atom. The molecule has 0 amide bonds. The lowest BCUT2D eigenvalue weighted by Gasteiger charge is -2.38. The molecule has 24 heavy (non-hydrogen) atoms. The highest BCUT2D eigenvalue weighted by Gasteiger charge is 2.28. The topological polar surface area (TPSA) is 36.9 Å². The summed E-state index contributed by atoms with van der Waals surface area (Å²) in [6, 6.07) is 6.59. The van der Waals surface area contributed by atoms with Crippen LogP contribution in [0.25, 0.3) is 0 Å². The van der Waals surface area contributed by atoms with Gasteiger partial charge in [-0.25, -0.2) is 4.39 Å². The molecule has 6 heteroatoms. The fraction of sp³-hybridized carbons (Fsp3) is 0.611. The number of nitrogens with zero attached hydrogens (tertiary/aromatic N) is 2. The molecular weight excluding hydrogens is 420 g/mol. The molecule has 3 rings (SSSR count). The molecule has 0 spiro atoms. The summed E-state index contributed by atoms with van der Waals surface area (Å²) in [6.07, 6.45) is 4.03. The lowest BCUT2D eigenvalue weighted by atomic mass is 10.1. The molecule has 1 aliphatic heterocycles. The maximum atomic E-state index is 13.1. The summed E-state index contributed by atoms with van der Waals surface area (Å²) < 4.78 is 19.2. The van der Waals surface area contributed by atoms with Crippen LogP contribution in [0.4, 0.5) is 4.39 Å². The van der Waals surface area contributed by atoms with E-state index in [2.05, 4.69) is 22.1 Å². The van der Waals surface area contributed by atoms with Crippen LogP contribution in [0.2, 0.25) is 0 Å². The highest BCUT2D eigenvalue weighted by Crippen LogP contribution is 2.31. The van der Waals surface area contributed by atoms with Gasteiger partial charge in [-0.1, -0.05) is 25.0 Å². The zero-order valence-corrected chi connectivity index (χ0v) is 16.7. The third-order valence-electron chi connectivity index (χ3n) is 4.55. The molecule has 4 nitrogen and oxygen atoms in total. The standard InChI is InChI=1S/C18H26FN3O.HI/c1-13-11-22(18(20-2)21-10-9-14-3-4-14)12-17(23-13)15-5-7-16(19)8-6-15;/h5-8,13-14,17H,3-4,9-12H2,1-2H3,(H,20,21);1H. The van der Waals surface area contributed by atoms with Crippen molar-refractivity contribution in [2.45, 2.75) is 38.4 Å². The molecule has 1 heterocycles. The number of nitrogens with one attached hydrogen (secondary N) is 1. The van der Waals surface area contributed by atoms with Crippen LogP contribution in [0.15, 0.2) is 29.3 Å². The number of morpholine rings is 1. The van der Waals surface area contributed by atoms with Gasteiger partial charge in [-0.2, -0.15) is 0 Å². The Morgan fingerprint density at radius 3 is 2.62 bits per heavy atom. The number of aliphatic imine (C=N–C) groups is 1. The monoisotopic (exact) mass is 447 g/mol. The molecule has 1 aliphatic carbocycles. The first-order chi connectivity index (χ1) is 11.2. The molecule has 1 N–H and O–H groups in total. The van der Waals surface area contributed by atoms with Gasteiger partial charge in [0.25, 0.3) is 0 Å². The van der Waals surface area contributed by atoms with Crippen molar-refractivity contribution in [3.8, 4) is 0 Å². The molecule has 0 bridgehead atoms. The highest BCUT2D eigenvalue weighted by molar-refractivity contribution is 14.0. The van der Waals surface area contributed by atoms with Crippen molar-refractivity contribution in [2.24, 2.45) is 10.9 Å². The summed E-state index contributed by atoms with van der Waals surface area (Å²) >= 11 is 0. The van der Waals surface area contributed by atoms with E-state index in [0.29, 0.717) is 0 Å². The van der Waals surface area contributed by atoms with Gasteiger partial charge in [0.15, 0.2) is 5.96 Å². The van der Waals surface area contributed by atoms with Crippen LogP contribution in [0.5, 0.6) is 0 Å². The Bertz CT molecular complexity index is 548. The Labute approximate surface area is 160 Å². The quantitative estimate of drug-likeness (QED) is 0.436. The highest BCUT2D eigenvalue weighted by atomic mass is 127. The number of halogens is 2. The lowest BCUT2D eigenvalue weighted by molar-refractivity contribution is -0.0605. The molecule has 1 aromatic rings. The minimum atomic E-state index is -0.216. The van der Waals surface area contributed by atoms with E-state index in [1.807, 2.05) is 7.05 Å². The maximum Gasteiger partial charge on any atom is 0.193 e. The van der Waals surface area contributed by atoms with E-state index in [9.17, 15) is 4.39 Å². The molecule has 1 saturated heterocycles. The summed E-state index contributed by atoms with van der Waals surface area (Å²) in [5, 5.41) is 3.47. The summed E-state index contributed by atoms with van der Waals surface area (Å²) in [5.74, 6) is 1.64. The molecule has 0 aromatic heterocycles. The molecule has 2 fully saturated rings. The summed E-state index contributed by atoms with van der Waals surface area (Å²) in [5.41, 5.74) is 1.01. The zero-order valence-electron chi connectivity index (χ0n) is 14.4. The SMILES string of the molecule is CN=C(NCCC1CC1)N1CC(C)OC(c2ccc(F)cc2)C1.I. The van der Waals surface area contributed by atoms with E-state index >= 15 is 0 Å². The van der Waals surface area contributed by atoms with Gasteiger partial charge in [-0.3, -0.25) is 4.99 Å². The van der Waals surface area contributed by atoms with Gasteiger partial charge in [0.05, 0.1) is 12.6 Å². The zero-order chi connectivity index (χ0) is 16.2. The Kier molecular flexibility index (Phi) is 7.28. The van der Waals surface area contributed by atoms with Crippen LogP contribution < -0.4 is 5.32 Å². The number of rotatable bonds is 4. The van der Waals surface area contributed by atoms with Crippen LogP contribution in [0.3, 0.4) is 0 Å². The van der Waals surface area contributed by atoms with Gasteiger partial charge in [0, 0.05) is 20.1 Å². The van der Waals surface area contributed by atoms with Crippen LogP contribution in [-0.2, 0) is 4.74 Å². The van der Waals surface area contributed by atoms with E-state index in [1.54, 1.807) is 12.1 Å². The predicted molar refractivity (Wildman–Crippen MR) is 105 cm³/mol. The van der Waals surface area contributed by atoms with Crippen molar-refractivity contribution in [1.29, 1.82) is 0 Å². The molecule has 2 aliphatic rings. The van der Waals surface area contributed by atoms with Gasteiger partial charge in [0.1, 0.15) is 11.9 Å². The first-order valence-electron chi connectivity index (χ1n) is 8.52. The first-order valence-corrected chi connectivity index (χ1v) is 8.52. The lowest BCUT2D eigenvalue weighted by Crippen LogP contribution is -2.50. The Morgan fingerprint density at radius 1 is 1.29 bits per heavy atom. The minimum Gasteiger partial charge on any atom is -0.367 e. The van der Waals surface area contributed by atoms with Crippen LogP contribution in [0, 0.1) is 11.7 Å². The second-order valence-corrected chi connectivity index (χ2v) is 6.60. The predicted octanol–water partition coefficient (Wildman–Crippen LogP) is 3.58. The normalized spacial score (nSPS) is 24.5. The van der Waals surface area contributed by atoms with Crippen molar-refractivity contribution >= 4 is 29.9 Å².